The van der Waals surface area contributed by atoms with Crippen LogP contribution in [0.2, 0.25) is 0 Å². The highest BCUT2D eigenvalue weighted by molar-refractivity contribution is 7.91. The first-order valence-corrected chi connectivity index (χ1v) is 21.9. The van der Waals surface area contributed by atoms with Crippen LogP contribution in [0, 0.1) is 0 Å². The van der Waals surface area contributed by atoms with Crippen LogP contribution in [0.25, 0.3) is 22.3 Å². The summed E-state index contributed by atoms with van der Waals surface area (Å²) in [4.78, 5) is -1.69. The Morgan fingerprint density at radius 3 is 1.73 bits per heavy atom. The Bertz CT molecular complexity index is 2740. The highest BCUT2D eigenvalue weighted by Gasteiger charge is 2.28. The molecule has 56 heavy (non-hydrogen) atoms. The van der Waals surface area contributed by atoms with Crippen LogP contribution in [0.3, 0.4) is 0 Å². The number of hydrogen-bond donors (Lipinski definition) is 3. The molecule has 1 atom stereocenters. The third kappa shape index (κ3) is 8.27. The Morgan fingerprint density at radius 2 is 1.16 bits per heavy atom. The molecule has 0 amide bonds. The highest BCUT2D eigenvalue weighted by atomic mass is 32.2. The lowest BCUT2D eigenvalue weighted by Gasteiger charge is -2.28. The van der Waals surface area contributed by atoms with Crippen molar-refractivity contribution in [2.24, 2.45) is 0 Å². The summed E-state index contributed by atoms with van der Waals surface area (Å²) in [7, 11) is -13.8. The molecule has 3 N–H and O–H groups in total. The molecule has 13 heteroatoms. The predicted octanol–water partition coefficient (Wildman–Crippen LogP) is 9.68. The zero-order chi connectivity index (χ0) is 40.6. The van der Waals surface area contributed by atoms with Gasteiger partial charge in [0.1, 0.15) is 27.0 Å². The summed E-state index contributed by atoms with van der Waals surface area (Å²) in [5.74, 6) is 1.02. The van der Waals surface area contributed by atoms with Gasteiger partial charge < -0.3 is 9.84 Å². The lowest BCUT2D eigenvalue weighted by molar-refractivity contribution is 0.466. The number of sulfone groups is 1. The fourth-order valence-electron chi connectivity index (χ4n) is 6.43. The molecule has 0 radical (unpaired) electrons. The molecule has 290 valence electrons. The van der Waals surface area contributed by atoms with E-state index in [1.54, 1.807) is 36.4 Å². The van der Waals surface area contributed by atoms with Gasteiger partial charge in [0.25, 0.3) is 20.2 Å². The molecule has 0 heterocycles. The molecule has 0 saturated carbocycles. The zero-order valence-electron chi connectivity index (χ0n) is 30.9. The van der Waals surface area contributed by atoms with E-state index < -0.39 is 45.3 Å². The molecule has 0 aliphatic carbocycles. The number of rotatable bonds is 12. The summed E-state index contributed by atoms with van der Waals surface area (Å²) in [5, 5.41) is 10.8. The normalized spacial score (nSPS) is 13.0. The van der Waals surface area contributed by atoms with E-state index in [9.17, 15) is 39.5 Å². The second-order valence-electron chi connectivity index (χ2n) is 14.0. The van der Waals surface area contributed by atoms with Gasteiger partial charge in [-0.15, -0.1) is 0 Å². The van der Waals surface area contributed by atoms with Crippen molar-refractivity contribution in [3.8, 4) is 39.5 Å². The Balaban J connectivity index is 1.34. The summed E-state index contributed by atoms with van der Waals surface area (Å²) in [6.07, 6.45) is 0.950. The fourth-order valence-corrected chi connectivity index (χ4v) is 9.47. The van der Waals surface area contributed by atoms with Crippen LogP contribution in [0.15, 0.2) is 153 Å². The summed E-state index contributed by atoms with van der Waals surface area (Å²) >= 11 is 0. The molecule has 1 unspecified atom stereocenters. The maximum Gasteiger partial charge on any atom is 0.295 e. The van der Waals surface area contributed by atoms with Gasteiger partial charge in [0.15, 0.2) is 0 Å². The number of benzene rings is 6. The van der Waals surface area contributed by atoms with E-state index in [1.165, 1.54) is 24.3 Å². The third-order valence-corrected chi connectivity index (χ3v) is 13.8. The predicted molar refractivity (Wildman–Crippen MR) is 214 cm³/mol. The monoisotopic (exact) mass is 812 g/mol. The van der Waals surface area contributed by atoms with Crippen molar-refractivity contribution < 1.29 is 44.2 Å². The van der Waals surface area contributed by atoms with Crippen molar-refractivity contribution in [2.75, 3.05) is 0 Å². The van der Waals surface area contributed by atoms with Crippen LogP contribution < -0.4 is 4.74 Å². The van der Waals surface area contributed by atoms with Gasteiger partial charge in [-0.1, -0.05) is 88.4 Å². The van der Waals surface area contributed by atoms with E-state index in [4.69, 9.17) is 4.74 Å². The van der Waals surface area contributed by atoms with Gasteiger partial charge in [0.2, 0.25) is 9.84 Å². The molecule has 10 nitrogen and oxygen atoms in total. The molecule has 0 saturated heterocycles. The van der Waals surface area contributed by atoms with Crippen LogP contribution in [-0.4, -0.2) is 39.5 Å². The molecule has 6 aromatic carbocycles. The van der Waals surface area contributed by atoms with E-state index in [2.05, 4.69) is 13.8 Å². The number of phenolic OH excluding ortho intramolecular Hbond substituents is 1. The molecule has 6 rings (SSSR count). The van der Waals surface area contributed by atoms with E-state index in [0.717, 1.165) is 40.8 Å². The Kier molecular flexibility index (Phi) is 11.0. The van der Waals surface area contributed by atoms with Crippen molar-refractivity contribution in [1.82, 2.24) is 0 Å². The van der Waals surface area contributed by atoms with Crippen molar-refractivity contribution in [3.63, 3.8) is 0 Å². The van der Waals surface area contributed by atoms with Gasteiger partial charge in [-0.05, 0) is 113 Å². The first-order valence-electron chi connectivity index (χ1n) is 17.6. The van der Waals surface area contributed by atoms with Gasteiger partial charge in [-0.3, -0.25) is 9.11 Å². The van der Waals surface area contributed by atoms with E-state index in [0.29, 0.717) is 23.0 Å². The minimum absolute atomic E-state index is 0.0761. The minimum Gasteiger partial charge on any atom is -0.507 e. The molecular formula is C43H40O10S3. The number of phenols is 1. The molecule has 0 spiro atoms. The van der Waals surface area contributed by atoms with Crippen LogP contribution in [0.1, 0.15) is 56.7 Å². The Morgan fingerprint density at radius 1 is 0.607 bits per heavy atom. The van der Waals surface area contributed by atoms with Gasteiger partial charge in [-0.25, -0.2) is 8.42 Å². The molecule has 0 aromatic heterocycles. The topological polar surface area (TPSA) is 172 Å². The van der Waals surface area contributed by atoms with Crippen molar-refractivity contribution in [3.05, 3.63) is 150 Å². The Hall–Kier alpha value is -5.31. The summed E-state index contributed by atoms with van der Waals surface area (Å²) < 4.78 is 100. The van der Waals surface area contributed by atoms with Crippen LogP contribution >= 0.6 is 0 Å². The van der Waals surface area contributed by atoms with Crippen molar-refractivity contribution in [2.45, 2.75) is 65.0 Å². The lowest BCUT2D eigenvalue weighted by atomic mass is 9.76. The first kappa shape index (κ1) is 40.4. The average molecular weight is 813 g/mol. The van der Waals surface area contributed by atoms with Crippen molar-refractivity contribution in [1.29, 1.82) is 0 Å². The molecule has 0 bridgehead atoms. The lowest BCUT2D eigenvalue weighted by Crippen LogP contribution is -2.19. The maximum atomic E-state index is 13.4. The summed E-state index contributed by atoms with van der Waals surface area (Å²) in [6, 6.07) is 36.2. The second kappa shape index (κ2) is 15.3. The first-order chi connectivity index (χ1) is 26.3. The highest BCUT2D eigenvalue weighted by Crippen LogP contribution is 2.42. The standard InChI is InChI=1S/C43H40O10S3/c1-5-28(2)29-11-18-35(19-12-29)54(45,46)36-20-16-34(17-21-36)53-40-23-15-33(27-38(40)30-9-7-6-8-10-30)43(3,4)32-14-22-39(44)37(26-32)31-13-24-41(55(47,48)49)42(25-31)56(50,51)52/h6-28,44H,5H2,1-4H3,(H,47,48,49)(H,50,51,52). The van der Waals surface area contributed by atoms with Crippen LogP contribution in [-0.2, 0) is 35.5 Å². The van der Waals surface area contributed by atoms with Crippen molar-refractivity contribution >= 4 is 30.1 Å². The quantitative estimate of drug-likeness (QED) is 0.101. The maximum absolute atomic E-state index is 13.4. The molecule has 0 aliphatic rings. The molecule has 6 aromatic rings. The van der Waals surface area contributed by atoms with E-state index in [1.807, 2.05) is 74.5 Å². The summed E-state index contributed by atoms with van der Waals surface area (Å²) in [6.45, 7) is 8.09. The Labute approximate surface area is 327 Å². The minimum atomic E-state index is -5.08. The van der Waals surface area contributed by atoms with Gasteiger partial charge in [-0.2, -0.15) is 16.8 Å². The molecule has 0 aliphatic heterocycles. The molecular weight excluding hydrogens is 773 g/mol. The van der Waals surface area contributed by atoms with Gasteiger partial charge in [0, 0.05) is 16.5 Å². The van der Waals surface area contributed by atoms with Crippen LogP contribution in [0.5, 0.6) is 17.2 Å². The fraction of sp³-hybridized carbons (Fsp3) is 0.163. The van der Waals surface area contributed by atoms with Crippen LogP contribution in [0.4, 0.5) is 0 Å². The largest absolute Gasteiger partial charge is 0.507 e. The number of hydrogen-bond acceptors (Lipinski definition) is 8. The average Bonchev–Trinajstić information content (AvgIpc) is 3.17. The SMILES string of the molecule is CCC(C)c1ccc(S(=O)(=O)c2ccc(Oc3ccc(C(C)(C)c4ccc(O)c(-c5ccc(S(=O)(=O)O)c(S(=O)(=O)O)c5)c4)cc3-c3ccccc3)cc2)cc1. The smallest absolute Gasteiger partial charge is 0.295 e. The second-order valence-corrected chi connectivity index (χ2v) is 18.7. The van der Waals surface area contributed by atoms with E-state index >= 15 is 0 Å². The number of aromatic hydroxyl groups is 1. The van der Waals surface area contributed by atoms with E-state index in [-0.39, 0.29) is 26.7 Å². The summed E-state index contributed by atoms with van der Waals surface area (Å²) in [5.41, 5.74) is 3.68. The third-order valence-electron chi connectivity index (χ3n) is 10.0. The number of ether oxygens (including phenoxy) is 1. The molecule has 0 fully saturated rings. The zero-order valence-corrected chi connectivity index (χ0v) is 33.4. The van der Waals surface area contributed by atoms with Gasteiger partial charge in [0.05, 0.1) is 9.79 Å². The van der Waals surface area contributed by atoms with Gasteiger partial charge >= 0.3 is 0 Å².